The van der Waals surface area contributed by atoms with E-state index in [1.807, 2.05) is 0 Å². The van der Waals surface area contributed by atoms with Crippen molar-refractivity contribution in [3.63, 3.8) is 0 Å². The number of halogens is 1. The lowest BCUT2D eigenvalue weighted by Crippen LogP contribution is -2.19. The number of pyridine rings is 1. The highest BCUT2D eigenvalue weighted by atomic mass is 79.9. The van der Waals surface area contributed by atoms with Gasteiger partial charge in [0, 0.05) is 19.0 Å². The lowest BCUT2D eigenvalue weighted by Gasteiger charge is -2.06. The highest BCUT2D eigenvalue weighted by Gasteiger charge is 2.01. The molecule has 0 aromatic carbocycles. The van der Waals surface area contributed by atoms with Gasteiger partial charge in [-0.15, -0.1) is 0 Å². The Morgan fingerprint density at radius 3 is 2.79 bits per heavy atom. The van der Waals surface area contributed by atoms with Crippen LogP contribution < -0.4 is 5.56 Å². The molecule has 5 heteroatoms. The van der Waals surface area contributed by atoms with Gasteiger partial charge >= 0.3 is 5.97 Å². The van der Waals surface area contributed by atoms with Crippen LogP contribution in [-0.4, -0.2) is 15.6 Å². The summed E-state index contributed by atoms with van der Waals surface area (Å²) in [7, 11) is 0. The molecule has 1 N–H and O–H groups in total. The second-order valence-electron chi connectivity index (χ2n) is 2.84. The number of nitrogens with zero attached hydrogens (tertiary/aromatic N) is 1. The van der Waals surface area contributed by atoms with E-state index in [-0.39, 0.29) is 12.0 Å². The van der Waals surface area contributed by atoms with Gasteiger partial charge in [-0.2, -0.15) is 0 Å². The second-order valence-corrected chi connectivity index (χ2v) is 3.65. The van der Waals surface area contributed by atoms with Crippen LogP contribution in [0.25, 0.3) is 0 Å². The molecule has 0 aliphatic rings. The summed E-state index contributed by atoms with van der Waals surface area (Å²) < 4.78 is 2.18. The largest absolute Gasteiger partial charge is 0.481 e. The minimum atomic E-state index is -0.842. The zero-order valence-electron chi connectivity index (χ0n) is 7.44. The molecule has 1 aromatic rings. The molecule has 14 heavy (non-hydrogen) atoms. The third kappa shape index (κ3) is 2.99. The number of carbonyl (C=O) groups is 1. The summed E-state index contributed by atoms with van der Waals surface area (Å²) in [5, 5.41) is 8.43. The van der Waals surface area contributed by atoms with Crippen molar-refractivity contribution in [1.29, 1.82) is 0 Å². The molecule has 1 aromatic heterocycles. The maximum absolute atomic E-state index is 11.3. The van der Waals surface area contributed by atoms with Gasteiger partial charge in [0.15, 0.2) is 0 Å². The summed E-state index contributed by atoms with van der Waals surface area (Å²) in [4.78, 5) is 21.6. The standard InChI is InChI=1S/C9H10BrNO3/c10-7-3-1-4-8(12)11(7)6-2-5-9(13)14/h1,3-4H,2,5-6H2,(H,13,14). The topological polar surface area (TPSA) is 59.3 Å². The minimum Gasteiger partial charge on any atom is -0.481 e. The fourth-order valence-electron chi connectivity index (χ4n) is 1.10. The molecule has 0 amide bonds. The molecular formula is C9H10BrNO3. The summed E-state index contributed by atoms with van der Waals surface area (Å²) in [6, 6.07) is 4.85. The highest BCUT2D eigenvalue weighted by Crippen LogP contribution is 2.06. The van der Waals surface area contributed by atoms with Crippen molar-refractivity contribution < 1.29 is 9.90 Å². The van der Waals surface area contributed by atoms with Gasteiger partial charge in [-0.1, -0.05) is 6.07 Å². The van der Waals surface area contributed by atoms with Crippen LogP contribution in [0, 0.1) is 0 Å². The molecule has 76 valence electrons. The highest BCUT2D eigenvalue weighted by molar-refractivity contribution is 9.10. The summed E-state index contributed by atoms with van der Waals surface area (Å²) in [6.07, 6.45) is 0.533. The van der Waals surface area contributed by atoms with E-state index in [4.69, 9.17) is 5.11 Å². The average Bonchev–Trinajstić information content (AvgIpc) is 2.09. The van der Waals surface area contributed by atoms with Crippen LogP contribution in [0.3, 0.4) is 0 Å². The first-order chi connectivity index (χ1) is 6.61. The van der Waals surface area contributed by atoms with Gasteiger partial charge in [-0.25, -0.2) is 0 Å². The quantitative estimate of drug-likeness (QED) is 0.834. The first-order valence-corrected chi connectivity index (χ1v) is 4.97. The number of hydrogen-bond donors (Lipinski definition) is 1. The molecular weight excluding hydrogens is 250 g/mol. The van der Waals surface area contributed by atoms with Crippen LogP contribution in [0.1, 0.15) is 12.8 Å². The lowest BCUT2D eigenvalue weighted by atomic mass is 10.3. The van der Waals surface area contributed by atoms with E-state index in [0.29, 0.717) is 17.6 Å². The third-order valence-electron chi connectivity index (χ3n) is 1.77. The van der Waals surface area contributed by atoms with Crippen molar-refractivity contribution in [2.75, 3.05) is 0 Å². The molecule has 0 radical (unpaired) electrons. The van der Waals surface area contributed by atoms with Crippen molar-refractivity contribution in [3.05, 3.63) is 33.2 Å². The maximum atomic E-state index is 11.3. The molecule has 0 atom stereocenters. The van der Waals surface area contributed by atoms with Crippen molar-refractivity contribution in [2.45, 2.75) is 19.4 Å². The van der Waals surface area contributed by atoms with Crippen LogP contribution in [-0.2, 0) is 11.3 Å². The SMILES string of the molecule is O=C(O)CCCn1c(Br)cccc1=O. The first-order valence-electron chi connectivity index (χ1n) is 4.18. The van der Waals surface area contributed by atoms with Gasteiger partial charge < -0.3 is 9.67 Å². The van der Waals surface area contributed by atoms with E-state index in [1.54, 1.807) is 12.1 Å². The van der Waals surface area contributed by atoms with Crippen molar-refractivity contribution >= 4 is 21.9 Å². The Balaban J connectivity index is 2.67. The summed E-state index contributed by atoms with van der Waals surface area (Å²) in [5.41, 5.74) is -0.121. The van der Waals surface area contributed by atoms with E-state index in [9.17, 15) is 9.59 Å². The van der Waals surface area contributed by atoms with Crippen LogP contribution >= 0.6 is 15.9 Å². The van der Waals surface area contributed by atoms with Gasteiger partial charge in [0.25, 0.3) is 5.56 Å². The molecule has 0 saturated carbocycles. The van der Waals surface area contributed by atoms with Gasteiger partial charge in [-0.3, -0.25) is 9.59 Å². The predicted octanol–water partition coefficient (Wildman–Crippen LogP) is 1.48. The normalized spacial score (nSPS) is 10.1. The van der Waals surface area contributed by atoms with Crippen molar-refractivity contribution in [1.82, 2.24) is 4.57 Å². The number of aromatic nitrogens is 1. The number of carboxylic acids is 1. The van der Waals surface area contributed by atoms with E-state index in [2.05, 4.69) is 15.9 Å². The lowest BCUT2D eigenvalue weighted by molar-refractivity contribution is -0.137. The van der Waals surface area contributed by atoms with Crippen LogP contribution in [0.4, 0.5) is 0 Å². The van der Waals surface area contributed by atoms with Gasteiger partial charge in [0.2, 0.25) is 0 Å². The Morgan fingerprint density at radius 1 is 1.50 bits per heavy atom. The Bertz CT molecular complexity index is 386. The zero-order valence-corrected chi connectivity index (χ0v) is 9.03. The van der Waals surface area contributed by atoms with Crippen molar-refractivity contribution in [2.24, 2.45) is 0 Å². The maximum Gasteiger partial charge on any atom is 0.303 e. The third-order valence-corrected chi connectivity index (χ3v) is 2.46. The number of hydrogen-bond acceptors (Lipinski definition) is 2. The fraction of sp³-hybridized carbons (Fsp3) is 0.333. The molecule has 0 fully saturated rings. The Labute approximate surface area is 89.3 Å². The predicted molar refractivity (Wildman–Crippen MR) is 55.3 cm³/mol. The molecule has 0 spiro atoms. The molecule has 0 aliphatic heterocycles. The summed E-state index contributed by atoms with van der Waals surface area (Å²) >= 11 is 3.23. The molecule has 1 rings (SSSR count). The molecule has 0 aliphatic carbocycles. The zero-order chi connectivity index (χ0) is 10.6. The van der Waals surface area contributed by atoms with Gasteiger partial charge in [-0.05, 0) is 28.4 Å². The average molecular weight is 260 g/mol. The second kappa shape index (κ2) is 4.95. The van der Waals surface area contributed by atoms with E-state index < -0.39 is 5.97 Å². The Morgan fingerprint density at radius 2 is 2.21 bits per heavy atom. The van der Waals surface area contributed by atoms with Crippen LogP contribution in [0.2, 0.25) is 0 Å². The van der Waals surface area contributed by atoms with Crippen LogP contribution in [0.5, 0.6) is 0 Å². The van der Waals surface area contributed by atoms with Gasteiger partial charge in [0.1, 0.15) is 0 Å². The Hall–Kier alpha value is -1.10. The van der Waals surface area contributed by atoms with Crippen molar-refractivity contribution in [3.8, 4) is 0 Å². The fourth-order valence-corrected chi connectivity index (χ4v) is 1.61. The Kier molecular flexibility index (Phi) is 3.88. The van der Waals surface area contributed by atoms with E-state index in [1.165, 1.54) is 10.6 Å². The number of rotatable bonds is 4. The molecule has 4 nitrogen and oxygen atoms in total. The van der Waals surface area contributed by atoms with E-state index >= 15 is 0 Å². The minimum absolute atomic E-state index is 0.0772. The molecule has 0 saturated heterocycles. The monoisotopic (exact) mass is 259 g/mol. The summed E-state index contributed by atoms with van der Waals surface area (Å²) in [6.45, 7) is 0.423. The number of carboxylic acid groups (broad SMARTS) is 1. The smallest absolute Gasteiger partial charge is 0.303 e. The first kappa shape index (κ1) is 11.0. The molecule has 0 unspecified atom stereocenters. The van der Waals surface area contributed by atoms with E-state index in [0.717, 1.165) is 0 Å². The number of aliphatic carboxylic acids is 1. The van der Waals surface area contributed by atoms with Crippen LogP contribution in [0.15, 0.2) is 27.6 Å². The summed E-state index contributed by atoms with van der Waals surface area (Å²) in [5.74, 6) is -0.842. The molecule has 0 bridgehead atoms. The van der Waals surface area contributed by atoms with Gasteiger partial charge in [0.05, 0.1) is 4.60 Å². The molecule has 1 heterocycles.